The normalized spacial score (nSPS) is 10.5. The zero-order chi connectivity index (χ0) is 14.7. The minimum absolute atomic E-state index is 0.0124. The van der Waals surface area contributed by atoms with Gasteiger partial charge in [0.25, 0.3) is 0 Å². The van der Waals surface area contributed by atoms with Gasteiger partial charge in [-0.1, -0.05) is 6.92 Å². The first-order chi connectivity index (χ1) is 9.52. The van der Waals surface area contributed by atoms with Crippen LogP contribution >= 0.6 is 0 Å². The first-order valence-corrected chi connectivity index (χ1v) is 6.14. The summed E-state index contributed by atoms with van der Waals surface area (Å²) < 4.78 is 14.3. The Morgan fingerprint density at radius 1 is 1.35 bits per heavy atom. The van der Waals surface area contributed by atoms with Crippen LogP contribution < -0.4 is 5.43 Å². The van der Waals surface area contributed by atoms with Gasteiger partial charge in [-0.05, 0) is 30.7 Å². The molecule has 0 spiro atoms. The average Bonchev–Trinajstić information content (AvgIpc) is 2.41. The topological polar surface area (TPSA) is 72.2 Å². The van der Waals surface area contributed by atoms with E-state index in [0.717, 1.165) is 6.42 Å². The predicted molar refractivity (Wildman–Crippen MR) is 71.1 cm³/mol. The second-order valence-corrected chi connectivity index (χ2v) is 4.30. The van der Waals surface area contributed by atoms with Gasteiger partial charge in [0.05, 0.1) is 0 Å². The van der Waals surface area contributed by atoms with Crippen molar-refractivity contribution < 1.29 is 14.3 Å². The van der Waals surface area contributed by atoms with Gasteiger partial charge in [-0.3, -0.25) is 9.48 Å². The maximum Gasteiger partial charge on any atom is 0.341 e. The summed E-state index contributed by atoms with van der Waals surface area (Å²) >= 11 is 0. The van der Waals surface area contributed by atoms with E-state index in [0.29, 0.717) is 12.1 Å². The van der Waals surface area contributed by atoms with Crippen LogP contribution in [0.3, 0.4) is 0 Å². The molecular weight excluding hydrogens is 263 g/mol. The Balaban J connectivity index is 2.64. The van der Waals surface area contributed by atoms with E-state index in [4.69, 9.17) is 5.11 Å². The molecule has 1 N–H and O–H groups in total. The fourth-order valence-corrected chi connectivity index (χ4v) is 1.83. The highest BCUT2D eigenvalue weighted by Crippen LogP contribution is 2.14. The lowest BCUT2D eigenvalue weighted by Crippen LogP contribution is -2.22. The molecule has 0 aliphatic rings. The number of carbonyl (C=O) groups is 1. The van der Waals surface area contributed by atoms with Gasteiger partial charge in [-0.25, -0.2) is 9.18 Å². The van der Waals surface area contributed by atoms with Gasteiger partial charge in [0.15, 0.2) is 0 Å². The van der Waals surface area contributed by atoms with Crippen LogP contribution in [0.5, 0.6) is 0 Å². The molecule has 20 heavy (non-hydrogen) atoms. The van der Waals surface area contributed by atoms with E-state index in [1.165, 1.54) is 35.1 Å². The second kappa shape index (κ2) is 5.64. The van der Waals surface area contributed by atoms with Crippen molar-refractivity contribution in [3.8, 4) is 11.3 Å². The van der Waals surface area contributed by atoms with Crippen LogP contribution in [0.4, 0.5) is 4.39 Å². The fraction of sp³-hybridized carbons (Fsp3) is 0.214. The molecule has 0 amide bonds. The van der Waals surface area contributed by atoms with Gasteiger partial charge < -0.3 is 5.11 Å². The quantitative estimate of drug-likeness (QED) is 0.928. The van der Waals surface area contributed by atoms with Gasteiger partial charge in [-0.15, -0.1) is 0 Å². The third kappa shape index (κ3) is 2.74. The molecular formula is C14H13FN2O3. The van der Waals surface area contributed by atoms with Crippen LogP contribution in [0, 0.1) is 5.82 Å². The summed E-state index contributed by atoms with van der Waals surface area (Å²) in [5.41, 5.74) is -0.605. The predicted octanol–water partition coefficient (Wildman–Crippen LogP) is 2.16. The molecule has 0 atom stereocenters. The minimum atomic E-state index is -1.30. The monoisotopic (exact) mass is 276 g/mol. The fourth-order valence-electron chi connectivity index (χ4n) is 1.83. The van der Waals surface area contributed by atoms with E-state index in [1.54, 1.807) is 0 Å². The first kappa shape index (κ1) is 13.9. The molecule has 0 fully saturated rings. The van der Waals surface area contributed by atoms with E-state index >= 15 is 0 Å². The molecule has 104 valence electrons. The van der Waals surface area contributed by atoms with Crippen LogP contribution in [0.1, 0.15) is 23.7 Å². The number of carboxylic acids is 1. The maximum atomic E-state index is 12.9. The summed E-state index contributed by atoms with van der Waals surface area (Å²) in [6.45, 7) is 2.41. The van der Waals surface area contributed by atoms with Crippen molar-refractivity contribution in [2.75, 3.05) is 0 Å². The minimum Gasteiger partial charge on any atom is -0.477 e. The van der Waals surface area contributed by atoms with E-state index in [9.17, 15) is 14.0 Å². The molecule has 0 saturated carbocycles. The molecule has 1 heterocycles. The third-order valence-electron chi connectivity index (χ3n) is 2.77. The number of halogens is 1. The maximum absolute atomic E-state index is 12.9. The van der Waals surface area contributed by atoms with Crippen LogP contribution in [0.2, 0.25) is 0 Å². The van der Waals surface area contributed by atoms with Crippen LogP contribution in [0.25, 0.3) is 11.3 Å². The number of benzene rings is 1. The van der Waals surface area contributed by atoms with Crippen molar-refractivity contribution in [2.24, 2.45) is 0 Å². The Morgan fingerprint density at radius 3 is 2.55 bits per heavy atom. The molecule has 0 saturated heterocycles. The van der Waals surface area contributed by atoms with Gasteiger partial charge in [0.2, 0.25) is 5.43 Å². The second-order valence-electron chi connectivity index (χ2n) is 4.30. The molecule has 6 heteroatoms. The van der Waals surface area contributed by atoms with Crippen molar-refractivity contribution in [2.45, 2.75) is 19.9 Å². The average molecular weight is 276 g/mol. The number of hydrogen-bond acceptors (Lipinski definition) is 3. The molecule has 5 nitrogen and oxygen atoms in total. The third-order valence-corrected chi connectivity index (χ3v) is 2.77. The van der Waals surface area contributed by atoms with Crippen LogP contribution in [-0.2, 0) is 6.54 Å². The Morgan fingerprint density at radius 2 is 2.00 bits per heavy atom. The van der Waals surface area contributed by atoms with Crippen LogP contribution in [-0.4, -0.2) is 20.9 Å². The summed E-state index contributed by atoms with van der Waals surface area (Å²) in [6, 6.07) is 5.21. The first-order valence-electron chi connectivity index (χ1n) is 6.14. The molecule has 1 aromatic carbocycles. The van der Waals surface area contributed by atoms with Gasteiger partial charge in [0.1, 0.15) is 17.1 Å². The smallest absolute Gasteiger partial charge is 0.341 e. The molecule has 0 unspecified atom stereocenters. The summed E-state index contributed by atoms with van der Waals surface area (Å²) in [6.07, 6.45) is 1.97. The summed E-state index contributed by atoms with van der Waals surface area (Å²) in [5.74, 6) is -1.73. The molecule has 0 aliphatic carbocycles. The number of aromatic nitrogens is 2. The SMILES string of the molecule is CCCn1cc(C(=O)O)c(=O)c(-c2ccc(F)cc2)n1. The molecule has 0 bridgehead atoms. The Bertz CT molecular complexity index is 693. The number of nitrogens with zero attached hydrogens (tertiary/aromatic N) is 2. The summed E-state index contributed by atoms with van der Waals surface area (Å²) in [7, 11) is 0. The van der Waals surface area contributed by atoms with Crippen molar-refractivity contribution in [3.05, 3.63) is 52.1 Å². The molecule has 0 aliphatic heterocycles. The van der Waals surface area contributed by atoms with E-state index in [2.05, 4.69) is 5.10 Å². The van der Waals surface area contributed by atoms with Gasteiger partial charge in [-0.2, -0.15) is 5.10 Å². The molecule has 1 aromatic heterocycles. The number of aryl methyl sites for hydroxylation is 1. The molecule has 2 rings (SSSR count). The van der Waals surface area contributed by atoms with Crippen molar-refractivity contribution in [1.82, 2.24) is 9.78 Å². The van der Waals surface area contributed by atoms with Crippen molar-refractivity contribution in [1.29, 1.82) is 0 Å². The Labute approximate surface area is 114 Å². The standard InChI is InChI=1S/C14H13FN2O3/c1-2-7-17-8-11(14(19)20)13(18)12(16-17)9-3-5-10(15)6-4-9/h3-6,8H,2,7H2,1H3,(H,19,20). The number of hydrogen-bond donors (Lipinski definition) is 1. The number of rotatable bonds is 4. The number of aromatic carboxylic acids is 1. The lowest BCUT2D eigenvalue weighted by Gasteiger charge is -2.08. The Hall–Kier alpha value is -2.50. The lowest BCUT2D eigenvalue weighted by atomic mass is 10.1. The van der Waals surface area contributed by atoms with Crippen molar-refractivity contribution >= 4 is 5.97 Å². The zero-order valence-corrected chi connectivity index (χ0v) is 10.8. The highest BCUT2D eigenvalue weighted by molar-refractivity contribution is 5.88. The largest absolute Gasteiger partial charge is 0.477 e. The molecule has 0 radical (unpaired) electrons. The van der Waals surface area contributed by atoms with Crippen molar-refractivity contribution in [3.63, 3.8) is 0 Å². The van der Waals surface area contributed by atoms with E-state index < -0.39 is 17.2 Å². The zero-order valence-electron chi connectivity index (χ0n) is 10.8. The van der Waals surface area contributed by atoms with Gasteiger partial charge >= 0.3 is 5.97 Å². The molecule has 2 aromatic rings. The van der Waals surface area contributed by atoms with E-state index in [-0.39, 0.29) is 11.3 Å². The Kier molecular flexibility index (Phi) is 3.93. The lowest BCUT2D eigenvalue weighted by molar-refractivity contribution is 0.0694. The highest BCUT2D eigenvalue weighted by Gasteiger charge is 2.16. The summed E-state index contributed by atoms with van der Waals surface area (Å²) in [4.78, 5) is 23.2. The number of carboxylic acid groups (broad SMARTS) is 1. The van der Waals surface area contributed by atoms with E-state index in [1.807, 2.05) is 6.92 Å². The van der Waals surface area contributed by atoms with Gasteiger partial charge in [0, 0.05) is 18.3 Å². The highest BCUT2D eigenvalue weighted by atomic mass is 19.1. The summed E-state index contributed by atoms with van der Waals surface area (Å²) in [5, 5.41) is 13.2. The van der Waals surface area contributed by atoms with Crippen LogP contribution in [0.15, 0.2) is 35.3 Å².